The van der Waals surface area contributed by atoms with E-state index in [1.165, 1.54) is 22.9 Å². The second-order valence-corrected chi connectivity index (χ2v) is 5.47. The van der Waals surface area contributed by atoms with Gasteiger partial charge in [-0.3, -0.25) is 0 Å². The first-order chi connectivity index (χ1) is 9.74. The fourth-order valence-corrected chi connectivity index (χ4v) is 2.73. The van der Waals surface area contributed by atoms with Crippen molar-refractivity contribution in [1.29, 1.82) is 0 Å². The molecular formula is C17H13BrFN. The van der Waals surface area contributed by atoms with Gasteiger partial charge in [-0.2, -0.15) is 0 Å². The average molecular weight is 330 g/mol. The molecule has 0 heterocycles. The Hall–Kier alpha value is -1.87. The van der Waals surface area contributed by atoms with Crippen LogP contribution in [0.2, 0.25) is 0 Å². The maximum absolute atomic E-state index is 13.1. The van der Waals surface area contributed by atoms with Crippen molar-refractivity contribution in [2.45, 2.75) is 6.54 Å². The summed E-state index contributed by atoms with van der Waals surface area (Å²) < 4.78 is 13.9. The van der Waals surface area contributed by atoms with Gasteiger partial charge in [0.05, 0.1) is 0 Å². The highest BCUT2D eigenvalue weighted by Gasteiger charge is 2.03. The molecule has 20 heavy (non-hydrogen) atoms. The Morgan fingerprint density at radius 2 is 1.75 bits per heavy atom. The molecule has 0 saturated carbocycles. The van der Waals surface area contributed by atoms with Gasteiger partial charge in [-0.15, -0.1) is 0 Å². The van der Waals surface area contributed by atoms with E-state index in [2.05, 4.69) is 45.5 Å². The number of anilines is 1. The number of halogens is 2. The molecule has 1 nitrogen and oxygen atoms in total. The first kappa shape index (κ1) is 13.1. The van der Waals surface area contributed by atoms with E-state index in [0.29, 0.717) is 6.54 Å². The Balaban J connectivity index is 1.87. The molecule has 3 heteroatoms. The van der Waals surface area contributed by atoms with E-state index < -0.39 is 0 Å². The second-order valence-electron chi connectivity index (χ2n) is 4.62. The van der Waals surface area contributed by atoms with Crippen LogP contribution in [-0.4, -0.2) is 0 Å². The summed E-state index contributed by atoms with van der Waals surface area (Å²) in [6.07, 6.45) is 0. The third-order valence-electron chi connectivity index (χ3n) is 3.27. The molecule has 3 rings (SSSR count). The van der Waals surface area contributed by atoms with Gasteiger partial charge in [-0.1, -0.05) is 58.4 Å². The van der Waals surface area contributed by atoms with E-state index in [9.17, 15) is 4.39 Å². The Bertz CT molecular complexity index is 750. The van der Waals surface area contributed by atoms with Crippen LogP contribution in [-0.2, 0) is 6.54 Å². The minimum absolute atomic E-state index is 0.231. The molecule has 0 fully saturated rings. The molecule has 0 amide bonds. The molecule has 0 aliphatic carbocycles. The van der Waals surface area contributed by atoms with E-state index in [1.807, 2.05) is 18.2 Å². The zero-order valence-corrected chi connectivity index (χ0v) is 12.3. The van der Waals surface area contributed by atoms with Crippen LogP contribution in [0.5, 0.6) is 0 Å². The highest BCUT2D eigenvalue weighted by molar-refractivity contribution is 9.10. The number of hydrogen-bond acceptors (Lipinski definition) is 1. The van der Waals surface area contributed by atoms with Crippen LogP contribution in [0, 0.1) is 5.82 Å². The van der Waals surface area contributed by atoms with Crippen LogP contribution < -0.4 is 5.32 Å². The molecule has 3 aromatic rings. The fourth-order valence-electron chi connectivity index (χ4n) is 2.24. The van der Waals surface area contributed by atoms with Crippen molar-refractivity contribution in [1.82, 2.24) is 0 Å². The predicted molar refractivity (Wildman–Crippen MR) is 85.4 cm³/mol. The maximum atomic E-state index is 13.1. The van der Waals surface area contributed by atoms with Crippen LogP contribution >= 0.6 is 15.9 Å². The summed E-state index contributed by atoms with van der Waals surface area (Å²) in [4.78, 5) is 0. The average Bonchev–Trinajstić information content (AvgIpc) is 2.46. The number of fused-ring (bicyclic) bond motifs is 1. The molecule has 0 saturated heterocycles. The Kier molecular flexibility index (Phi) is 3.70. The van der Waals surface area contributed by atoms with Crippen molar-refractivity contribution in [3.63, 3.8) is 0 Å². The summed E-state index contributed by atoms with van der Waals surface area (Å²) in [5.41, 5.74) is 2.11. The summed E-state index contributed by atoms with van der Waals surface area (Å²) >= 11 is 3.39. The van der Waals surface area contributed by atoms with E-state index in [-0.39, 0.29) is 5.82 Å². The number of rotatable bonds is 3. The monoisotopic (exact) mass is 329 g/mol. The number of hydrogen-bond donors (Lipinski definition) is 1. The Morgan fingerprint density at radius 3 is 2.60 bits per heavy atom. The lowest BCUT2D eigenvalue weighted by Crippen LogP contribution is -2.01. The van der Waals surface area contributed by atoms with E-state index in [1.54, 1.807) is 6.07 Å². The lowest BCUT2D eigenvalue weighted by Gasteiger charge is -2.11. The minimum atomic E-state index is -0.231. The summed E-state index contributed by atoms with van der Waals surface area (Å²) in [6, 6.07) is 19.2. The van der Waals surface area contributed by atoms with E-state index in [4.69, 9.17) is 0 Å². The van der Waals surface area contributed by atoms with Crippen molar-refractivity contribution in [3.8, 4) is 0 Å². The lowest BCUT2D eigenvalue weighted by atomic mass is 10.1. The van der Waals surface area contributed by atoms with Gasteiger partial charge in [0.25, 0.3) is 0 Å². The summed E-state index contributed by atoms with van der Waals surface area (Å²) in [5.74, 6) is -0.231. The van der Waals surface area contributed by atoms with Crippen molar-refractivity contribution in [2.75, 3.05) is 5.32 Å². The van der Waals surface area contributed by atoms with Gasteiger partial charge in [0.1, 0.15) is 5.82 Å². The highest BCUT2D eigenvalue weighted by atomic mass is 79.9. The van der Waals surface area contributed by atoms with Gasteiger partial charge in [0, 0.05) is 22.1 Å². The van der Waals surface area contributed by atoms with E-state index >= 15 is 0 Å². The number of nitrogens with one attached hydrogen (secondary N) is 1. The molecule has 0 unspecified atom stereocenters. The summed E-state index contributed by atoms with van der Waals surface area (Å²) in [5, 5.41) is 5.80. The first-order valence-electron chi connectivity index (χ1n) is 6.39. The van der Waals surface area contributed by atoms with Crippen LogP contribution in [0.3, 0.4) is 0 Å². The largest absolute Gasteiger partial charge is 0.380 e. The van der Waals surface area contributed by atoms with Crippen molar-refractivity contribution < 1.29 is 4.39 Å². The second kappa shape index (κ2) is 5.63. The van der Waals surface area contributed by atoms with Crippen molar-refractivity contribution in [3.05, 3.63) is 76.5 Å². The SMILES string of the molecule is Fc1ccc(CNc2cccc3ccccc23)c(Br)c1. The molecule has 0 aliphatic heterocycles. The van der Waals surface area contributed by atoms with Gasteiger partial charge >= 0.3 is 0 Å². The molecule has 0 bridgehead atoms. The third-order valence-corrected chi connectivity index (χ3v) is 4.01. The summed E-state index contributed by atoms with van der Waals surface area (Å²) in [7, 11) is 0. The molecule has 0 atom stereocenters. The van der Waals surface area contributed by atoms with Gasteiger partial charge in [-0.05, 0) is 29.1 Å². The minimum Gasteiger partial charge on any atom is -0.380 e. The van der Waals surface area contributed by atoms with Crippen LogP contribution in [0.15, 0.2) is 65.1 Å². The van der Waals surface area contributed by atoms with Gasteiger partial charge < -0.3 is 5.32 Å². The smallest absolute Gasteiger partial charge is 0.124 e. The fraction of sp³-hybridized carbons (Fsp3) is 0.0588. The topological polar surface area (TPSA) is 12.0 Å². The van der Waals surface area contributed by atoms with Crippen LogP contribution in [0.4, 0.5) is 10.1 Å². The molecule has 0 aliphatic rings. The van der Waals surface area contributed by atoms with Crippen LogP contribution in [0.25, 0.3) is 10.8 Å². The highest BCUT2D eigenvalue weighted by Crippen LogP contribution is 2.25. The van der Waals surface area contributed by atoms with Gasteiger partial charge in [-0.25, -0.2) is 4.39 Å². The zero-order chi connectivity index (χ0) is 13.9. The molecule has 3 aromatic carbocycles. The molecular weight excluding hydrogens is 317 g/mol. The molecule has 0 radical (unpaired) electrons. The molecule has 0 aromatic heterocycles. The summed E-state index contributed by atoms with van der Waals surface area (Å²) in [6.45, 7) is 0.648. The first-order valence-corrected chi connectivity index (χ1v) is 7.19. The van der Waals surface area contributed by atoms with Crippen LogP contribution in [0.1, 0.15) is 5.56 Å². The Morgan fingerprint density at radius 1 is 0.950 bits per heavy atom. The molecule has 1 N–H and O–H groups in total. The predicted octanol–water partition coefficient (Wildman–Crippen LogP) is 5.35. The lowest BCUT2D eigenvalue weighted by molar-refractivity contribution is 0.626. The van der Waals surface area contributed by atoms with Gasteiger partial charge in [0.2, 0.25) is 0 Å². The van der Waals surface area contributed by atoms with E-state index in [0.717, 1.165) is 15.7 Å². The Labute approximate surface area is 125 Å². The molecule has 100 valence electrons. The van der Waals surface area contributed by atoms with Crippen molar-refractivity contribution in [2.24, 2.45) is 0 Å². The standard InChI is InChI=1S/C17H13BrFN/c18-16-10-14(19)9-8-13(16)11-20-17-7-3-5-12-4-1-2-6-15(12)17/h1-10,20H,11H2. The zero-order valence-electron chi connectivity index (χ0n) is 10.7. The van der Waals surface area contributed by atoms with Crippen molar-refractivity contribution >= 4 is 32.4 Å². The third kappa shape index (κ3) is 2.68. The normalized spacial score (nSPS) is 10.7. The van der Waals surface area contributed by atoms with Gasteiger partial charge in [0.15, 0.2) is 0 Å². The quantitative estimate of drug-likeness (QED) is 0.682. The molecule has 0 spiro atoms. The maximum Gasteiger partial charge on any atom is 0.124 e. The number of benzene rings is 3.